The van der Waals surface area contributed by atoms with Gasteiger partial charge >= 0.3 is 0 Å². The number of hydrogen-bond donors (Lipinski definition) is 1. The minimum atomic E-state index is -0.0346. The number of methoxy groups -OCH3 is 1. The fourth-order valence-electron chi connectivity index (χ4n) is 4.38. The lowest BCUT2D eigenvalue weighted by Gasteiger charge is -2.46. The molecule has 0 aliphatic carbocycles. The molecule has 1 aromatic carbocycles. The Morgan fingerprint density at radius 1 is 1.25 bits per heavy atom. The summed E-state index contributed by atoms with van der Waals surface area (Å²) in [4.78, 5) is 17.4. The van der Waals surface area contributed by atoms with Gasteiger partial charge in [-0.3, -0.25) is 9.69 Å². The molecule has 150 valence electrons. The smallest absolute Gasteiger partial charge is 0.255 e. The van der Waals surface area contributed by atoms with Crippen LogP contribution in [-0.4, -0.2) is 56.7 Å². The van der Waals surface area contributed by atoms with E-state index in [2.05, 4.69) is 39.4 Å². The largest absolute Gasteiger partial charge is 0.495 e. The molecule has 1 unspecified atom stereocenters. The van der Waals surface area contributed by atoms with Crippen LogP contribution in [0.2, 0.25) is 0 Å². The van der Waals surface area contributed by atoms with E-state index in [1.807, 2.05) is 10.8 Å². The predicted octanol–water partition coefficient (Wildman–Crippen LogP) is 3.40. The van der Waals surface area contributed by atoms with Gasteiger partial charge in [-0.1, -0.05) is 18.2 Å². The lowest BCUT2D eigenvalue weighted by molar-refractivity contribution is 0.0950. The van der Waals surface area contributed by atoms with E-state index < -0.39 is 0 Å². The summed E-state index contributed by atoms with van der Waals surface area (Å²) < 4.78 is 5.22. The van der Waals surface area contributed by atoms with Gasteiger partial charge in [0, 0.05) is 48.7 Å². The molecule has 1 N–H and O–H groups in total. The van der Waals surface area contributed by atoms with Gasteiger partial charge in [0.15, 0.2) is 0 Å². The molecule has 1 atom stereocenters. The molecular weight excluding hydrogens is 370 g/mol. The molecule has 1 amide bonds. The number of fused-ring (bicyclic) bond motifs is 3. The van der Waals surface area contributed by atoms with Crippen LogP contribution in [0.15, 0.2) is 35.0 Å². The molecule has 0 radical (unpaired) electrons. The molecule has 0 saturated carbocycles. The van der Waals surface area contributed by atoms with Gasteiger partial charge in [-0.05, 0) is 43.9 Å². The molecule has 2 aromatic rings. The Morgan fingerprint density at radius 2 is 2.14 bits per heavy atom. The summed E-state index contributed by atoms with van der Waals surface area (Å²) in [5.74, 6) is 0.627. The number of ether oxygens (including phenoxy) is 1. The first-order valence-corrected chi connectivity index (χ1v) is 11.2. The van der Waals surface area contributed by atoms with Crippen molar-refractivity contribution in [2.75, 3.05) is 44.7 Å². The zero-order valence-electron chi connectivity index (χ0n) is 16.5. The summed E-state index contributed by atoms with van der Waals surface area (Å²) in [5.41, 5.74) is 3.59. The number of benzene rings is 1. The van der Waals surface area contributed by atoms with Gasteiger partial charge in [0.05, 0.1) is 12.7 Å². The Hall–Kier alpha value is -2.05. The van der Waals surface area contributed by atoms with Gasteiger partial charge in [0.25, 0.3) is 5.91 Å². The number of nitrogens with zero attached hydrogens (tertiary/aromatic N) is 2. The maximum Gasteiger partial charge on any atom is 0.255 e. The number of para-hydroxylation sites is 1. The highest BCUT2D eigenvalue weighted by molar-refractivity contribution is 7.08. The first-order valence-electron chi connectivity index (χ1n) is 10.2. The third-order valence-electron chi connectivity index (χ3n) is 5.89. The first-order chi connectivity index (χ1) is 13.8. The average Bonchev–Trinajstić information content (AvgIpc) is 3.22. The number of amides is 1. The van der Waals surface area contributed by atoms with Gasteiger partial charge in [-0.25, -0.2) is 0 Å². The standard InChI is InChI=1S/C22H29N3O2S/c1-27-21-16-28-15-19(21)22(26)23-10-4-5-11-24-12-13-25-18(14-24)9-8-17-6-2-3-7-20(17)25/h2-3,6-7,15-16,18H,4-5,8-14H2,1H3,(H,23,26). The van der Waals surface area contributed by atoms with Gasteiger partial charge < -0.3 is 15.0 Å². The minimum absolute atomic E-state index is 0.0346. The number of thiophene rings is 1. The van der Waals surface area contributed by atoms with Crippen molar-refractivity contribution in [1.29, 1.82) is 0 Å². The lowest BCUT2D eigenvalue weighted by atomic mass is 9.94. The predicted molar refractivity (Wildman–Crippen MR) is 115 cm³/mol. The van der Waals surface area contributed by atoms with Crippen LogP contribution < -0.4 is 15.0 Å². The van der Waals surface area contributed by atoms with E-state index in [9.17, 15) is 4.79 Å². The second-order valence-corrected chi connectivity index (χ2v) is 8.38. The molecule has 0 spiro atoms. The van der Waals surface area contributed by atoms with Crippen LogP contribution in [0.5, 0.6) is 5.75 Å². The average molecular weight is 400 g/mol. The summed E-state index contributed by atoms with van der Waals surface area (Å²) in [6.07, 6.45) is 4.57. The zero-order valence-corrected chi connectivity index (χ0v) is 17.3. The van der Waals surface area contributed by atoms with Crippen molar-refractivity contribution in [2.45, 2.75) is 31.7 Å². The van der Waals surface area contributed by atoms with Crippen LogP contribution in [0.25, 0.3) is 0 Å². The van der Waals surface area contributed by atoms with E-state index >= 15 is 0 Å². The van der Waals surface area contributed by atoms with E-state index in [1.54, 1.807) is 7.11 Å². The summed E-state index contributed by atoms with van der Waals surface area (Å²) in [6, 6.07) is 9.52. The molecule has 1 aromatic heterocycles. The van der Waals surface area contributed by atoms with Crippen molar-refractivity contribution in [2.24, 2.45) is 0 Å². The molecule has 28 heavy (non-hydrogen) atoms. The van der Waals surface area contributed by atoms with Crippen LogP contribution >= 0.6 is 11.3 Å². The van der Waals surface area contributed by atoms with Gasteiger partial charge in [0.1, 0.15) is 5.75 Å². The number of unbranched alkanes of at least 4 members (excludes halogenated alkanes) is 1. The lowest BCUT2D eigenvalue weighted by Crippen LogP contribution is -2.55. The molecule has 2 aliphatic heterocycles. The number of carbonyl (C=O) groups is 1. The van der Waals surface area contributed by atoms with Crippen molar-refractivity contribution in [3.05, 3.63) is 46.2 Å². The normalized spacial score (nSPS) is 19.0. The molecular formula is C22H29N3O2S. The summed E-state index contributed by atoms with van der Waals surface area (Å²) in [6.45, 7) is 5.24. The summed E-state index contributed by atoms with van der Waals surface area (Å²) >= 11 is 1.49. The van der Waals surface area contributed by atoms with E-state index in [0.717, 1.165) is 39.0 Å². The molecule has 1 saturated heterocycles. The van der Waals surface area contributed by atoms with Crippen LogP contribution in [-0.2, 0) is 6.42 Å². The Kier molecular flexibility index (Phi) is 6.17. The van der Waals surface area contributed by atoms with Gasteiger partial charge in [-0.2, -0.15) is 0 Å². The number of carbonyl (C=O) groups excluding carboxylic acids is 1. The monoisotopic (exact) mass is 399 g/mol. The highest BCUT2D eigenvalue weighted by Gasteiger charge is 2.30. The summed E-state index contributed by atoms with van der Waals surface area (Å²) in [5, 5.41) is 6.72. The first kappa shape index (κ1) is 19.3. The zero-order chi connectivity index (χ0) is 19.3. The van der Waals surface area contributed by atoms with Gasteiger partial charge in [-0.15, -0.1) is 11.3 Å². The van der Waals surface area contributed by atoms with Crippen molar-refractivity contribution >= 4 is 22.9 Å². The number of piperazine rings is 1. The second-order valence-electron chi connectivity index (χ2n) is 7.63. The van der Waals surface area contributed by atoms with Crippen molar-refractivity contribution in [3.63, 3.8) is 0 Å². The maximum atomic E-state index is 12.2. The Labute approximate surface area is 171 Å². The number of hydrogen-bond acceptors (Lipinski definition) is 5. The SMILES string of the molecule is COc1cscc1C(=O)NCCCCN1CCN2c3ccccc3CCC2C1. The fourth-order valence-corrected chi connectivity index (χ4v) is 5.15. The highest BCUT2D eigenvalue weighted by Crippen LogP contribution is 2.32. The molecule has 3 heterocycles. The molecule has 4 rings (SSSR count). The molecule has 6 heteroatoms. The minimum Gasteiger partial charge on any atom is -0.495 e. The number of rotatable bonds is 7. The fraction of sp³-hybridized carbons (Fsp3) is 0.500. The van der Waals surface area contributed by atoms with Crippen molar-refractivity contribution in [3.8, 4) is 5.75 Å². The van der Waals surface area contributed by atoms with E-state index in [0.29, 0.717) is 23.9 Å². The van der Waals surface area contributed by atoms with Crippen LogP contribution in [0.3, 0.4) is 0 Å². The summed E-state index contributed by atoms with van der Waals surface area (Å²) in [7, 11) is 1.60. The van der Waals surface area contributed by atoms with E-state index in [1.165, 1.54) is 35.4 Å². The molecule has 5 nitrogen and oxygen atoms in total. The second kappa shape index (κ2) is 8.97. The molecule has 0 bridgehead atoms. The topological polar surface area (TPSA) is 44.8 Å². The van der Waals surface area contributed by atoms with Crippen molar-refractivity contribution in [1.82, 2.24) is 10.2 Å². The third-order valence-corrected chi connectivity index (χ3v) is 6.61. The highest BCUT2D eigenvalue weighted by atomic mass is 32.1. The van der Waals surface area contributed by atoms with E-state index in [4.69, 9.17) is 4.74 Å². The number of aryl methyl sites for hydroxylation is 1. The molecule has 1 fully saturated rings. The van der Waals surface area contributed by atoms with Gasteiger partial charge in [0.2, 0.25) is 0 Å². The van der Waals surface area contributed by atoms with E-state index in [-0.39, 0.29) is 5.91 Å². The Bertz CT molecular complexity index is 807. The maximum absolute atomic E-state index is 12.2. The Balaban J connectivity index is 1.18. The quantitative estimate of drug-likeness (QED) is 0.725. The Morgan fingerprint density at radius 3 is 3.04 bits per heavy atom. The molecule has 2 aliphatic rings. The third kappa shape index (κ3) is 4.18. The van der Waals surface area contributed by atoms with Crippen LogP contribution in [0.1, 0.15) is 35.2 Å². The van der Waals surface area contributed by atoms with Crippen molar-refractivity contribution < 1.29 is 9.53 Å². The number of anilines is 1. The van der Waals surface area contributed by atoms with Crippen LogP contribution in [0, 0.1) is 0 Å². The van der Waals surface area contributed by atoms with Crippen LogP contribution in [0.4, 0.5) is 5.69 Å². The number of nitrogens with one attached hydrogen (secondary N) is 1.